The number of furan rings is 1. The fourth-order valence-corrected chi connectivity index (χ4v) is 8.68. The number of nitrogens with zero attached hydrogens (tertiary/aromatic N) is 1. The molecular formula is C56H37NO. The van der Waals surface area contributed by atoms with Crippen LogP contribution in [0.2, 0.25) is 0 Å². The molecule has 0 bridgehead atoms. The highest BCUT2D eigenvalue weighted by Gasteiger charge is 2.21. The van der Waals surface area contributed by atoms with Gasteiger partial charge in [-0.1, -0.05) is 176 Å². The molecule has 1 heterocycles. The first-order valence-electron chi connectivity index (χ1n) is 19.8. The van der Waals surface area contributed by atoms with Crippen LogP contribution in [0.5, 0.6) is 0 Å². The summed E-state index contributed by atoms with van der Waals surface area (Å²) in [6, 6.07) is 80.6. The summed E-state index contributed by atoms with van der Waals surface area (Å²) in [4.78, 5) is 2.39. The molecule has 0 atom stereocenters. The van der Waals surface area contributed by atoms with Gasteiger partial charge < -0.3 is 9.32 Å². The molecule has 0 aliphatic carbocycles. The molecule has 0 amide bonds. The summed E-state index contributed by atoms with van der Waals surface area (Å²) in [6.07, 6.45) is 0. The van der Waals surface area contributed by atoms with Crippen LogP contribution in [0.15, 0.2) is 229 Å². The summed E-state index contributed by atoms with van der Waals surface area (Å²) >= 11 is 0. The van der Waals surface area contributed by atoms with Crippen molar-refractivity contribution in [2.45, 2.75) is 0 Å². The first-order valence-corrected chi connectivity index (χ1v) is 19.8. The summed E-state index contributed by atoms with van der Waals surface area (Å²) in [5.74, 6) is 0. The highest BCUT2D eigenvalue weighted by molar-refractivity contribution is 6.19. The summed E-state index contributed by atoms with van der Waals surface area (Å²) in [6.45, 7) is 0. The quantitative estimate of drug-likeness (QED) is 0.162. The zero-order chi connectivity index (χ0) is 38.4. The fraction of sp³-hybridized carbons (Fsp3) is 0. The Labute approximate surface area is 337 Å². The van der Waals surface area contributed by atoms with Crippen molar-refractivity contribution in [1.29, 1.82) is 0 Å². The van der Waals surface area contributed by atoms with Crippen molar-refractivity contribution < 1.29 is 4.42 Å². The maximum absolute atomic E-state index is 6.65. The number of rotatable bonds is 7. The largest absolute Gasteiger partial charge is 0.455 e. The first-order chi connectivity index (χ1) is 28.8. The highest BCUT2D eigenvalue weighted by Crippen LogP contribution is 2.46. The molecule has 2 heteroatoms. The second-order valence-corrected chi connectivity index (χ2v) is 14.9. The Bertz CT molecular complexity index is 3260. The Hall–Kier alpha value is -7.68. The summed E-state index contributed by atoms with van der Waals surface area (Å²) in [7, 11) is 0. The van der Waals surface area contributed by atoms with Crippen LogP contribution in [0.3, 0.4) is 0 Å². The average Bonchev–Trinajstić information content (AvgIpc) is 3.69. The van der Waals surface area contributed by atoms with E-state index in [1.165, 1.54) is 44.2 Å². The number of para-hydroxylation sites is 2. The van der Waals surface area contributed by atoms with E-state index in [1.807, 2.05) is 6.07 Å². The first kappa shape index (κ1) is 33.6. The normalized spacial score (nSPS) is 11.4. The van der Waals surface area contributed by atoms with Gasteiger partial charge in [0, 0.05) is 33.1 Å². The fourth-order valence-electron chi connectivity index (χ4n) is 8.68. The van der Waals surface area contributed by atoms with Gasteiger partial charge in [0.05, 0.1) is 5.69 Å². The van der Waals surface area contributed by atoms with E-state index in [0.29, 0.717) is 0 Å². The Morgan fingerprint density at radius 1 is 0.310 bits per heavy atom. The Morgan fingerprint density at radius 3 is 1.67 bits per heavy atom. The van der Waals surface area contributed by atoms with Gasteiger partial charge in [-0.15, -0.1) is 0 Å². The molecule has 2 nitrogen and oxygen atoms in total. The maximum Gasteiger partial charge on any atom is 0.143 e. The number of anilines is 3. The van der Waals surface area contributed by atoms with E-state index >= 15 is 0 Å². The number of benzene rings is 10. The van der Waals surface area contributed by atoms with Crippen LogP contribution in [0.4, 0.5) is 17.1 Å². The van der Waals surface area contributed by atoms with Gasteiger partial charge in [0.2, 0.25) is 0 Å². The Morgan fingerprint density at radius 2 is 0.862 bits per heavy atom. The van der Waals surface area contributed by atoms with E-state index in [1.54, 1.807) is 0 Å². The highest BCUT2D eigenvalue weighted by atomic mass is 16.3. The second-order valence-electron chi connectivity index (χ2n) is 14.9. The van der Waals surface area contributed by atoms with Gasteiger partial charge in [-0.2, -0.15) is 0 Å². The van der Waals surface area contributed by atoms with Crippen molar-refractivity contribution in [2.75, 3.05) is 4.90 Å². The topological polar surface area (TPSA) is 16.4 Å². The lowest BCUT2D eigenvalue weighted by Crippen LogP contribution is -2.11. The molecule has 0 saturated carbocycles. The maximum atomic E-state index is 6.65. The molecule has 0 N–H and O–H groups in total. The molecule has 11 rings (SSSR count). The van der Waals surface area contributed by atoms with Crippen molar-refractivity contribution in [3.05, 3.63) is 224 Å². The Balaban J connectivity index is 1.06. The minimum atomic E-state index is 0.899. The van der Waals surface area contributed by atoms with Crippen LogP contribution < -0.4 is 4.90 Å². The van der Waals surface area contributed by atoms with Crippen LogP contribution in [-0.4, -0.2) is 0 Å². The van der Waals surface area contributed by atoms with E-state index in [-0.39, 0.29) is 0 Å². The van der Waals surface area contributed by atoms with E-state index in [2.05, 4.69) is 223 Å². The molecule has 0 radical (unpaired) electrons. The molecule has 58 heavy (non-hydrogen) atoms. The van der Waals surface area contributed by atoms with Crippen molar-refractivity contribution >= 4 is 60.5 Å². The summed E-state index contributed by atoms with van der Waals surface area (Å²) in [5, 5.41) is 7.03. The molecule has 10 aromatic carbocycles. The lowest BCUT2D eigenvalue weighted by Gasteiger charge is -2.28. The molecule has 0 aliphatic rings. The number of hydrogen-bond donors (Lipinski definition) is 0. The zero-order valence-corrected chi connectivity index (χ0v) is 31.7. The molecule has 0 saturated heterocycles. The third kappa shape index (κ3) is 5.82. The second kappa shape index (κ2) is 14.1. The van der Waals surface area contributed by atoms with E-state index in [9.17, 15) is 0 Å². The lowest BCUT2D eigenvalue weighted by atomic mass is 9.94. The molecular weight excluding hydrogens is 703 g/mol. The van der Waals surface area contributed by atoms with Crippen molar-refractivity contribution in [2.24, 2.45) is 0 Å². The Kier molecular flexibility index (Phi) is 8.19. The van der Waals surface area contributed by atoms with Crippen LogP contribution in [0.25, 0.3) is 88.0 Å². The molecule has 1 aromatic heterocycles. The third-order valence-electron chi connectivity index (χ3n) is 11.5. The molecule has 0 aliphatic heterocycles. The van der Waals surface area contributed by atoms with Crippen molar-refractivity contribution in [3.63, 3.8) is 0 Å². The molecule has 0 fully saturated rings. The minimum absolute atomic E-state index is 0.899. The summed E-state index contributed by atoms with van der Waals surface area (Å²) < 4.78 is 6.65. The molecule has 0 spiro atoms. The number of fused-ring (bicyclic) bond motifs is 6. The van der Waals surface area contributed by atoms with Gasteiger partial charge in [0.15, 0.2) is 0 Å². The van der Waals surface area contributed by atoms with Gasteiger partial charge in [-0.25, -0.2) is 0 Å². The standard InChI is InChI=1S/C56H37NO/c1-2-13-38(14-3-1)39-27-32-45(33-28-39)57(46-34-29-40(30-35-46)43-18-10-19-44(37-43)48-23-11-16-41-15-4-5-20-47(41)48)53-25-8-6-21-49(53)51-24-12-17-42-31-36-52-50-22-7-9-26-54(50)58-56(52)55(42)51/h1-37H. The van der Waals surface area contributed by atoms with Gasteiger partial charge >= 0.3 is 0 Å². The van der Waals surface area contributed by atoms with Gasteiger partial charge in [0.25, 0.3) is 0 Å². The van der Waals surface area contributed by atoms with Crippen LogP contribution in [0, 0.1) is 0 Å². The molecule has 11 aromatic rings. The zero-order valence-electron chi connectivity index (χ0n) is 31.7. The third-order valence-corrected chi connectivity index (χ3v) is 11.5. The van der Waals surface area contributed by atoms with Gasteiger partial charge in [-0.05, 0) is 104 Å². The summed E-state index contributed by atoms with van der Waals surface area (Å²) in [5.41, 5.74) is 14.5. The lowest BCUT2D eigenvalue weighted by molar-refractivity contribution is 0.673. The predicted octanol–water partition coefficient (Wildman–Crippen LogP) is 16.0. The van der Waals surface area contributed by atoms with Crippen molar-refractivity contribution in [1.82, 2.24) is 0 Å². The predicted molar refractivity (Wildman–Crippen MR) is 245 cm³/mol. The van der Waals surface area contributed by atoms with Gasteiger partial charge in [0.1, 0.15) is 11.2 Å². The van der Waals surface area contributed by atoms with E-state index in [4.69, 9.17) is 4.42 Å². The molecule has 0 unspecified atom stereocenters. The SMILES string of the molecule is c1ccc(-c2ccc(N(c3ccc(-c4cccc(-c5cccc6ccccc56)c4)cc3)c3ccccc3-c3cccc4ccc5c6ccccc6oc5c34)cc2)cc1. The molecule has 272 valence electrons. The van der Waals surface area contributed by atoms with Gasteiger partial charge in [-0.3, -0.25) is 0 Å². The minimum Gasteiger partial charge on any atom is -0.455 e. The van der Waals surface area contributed by atoms with E-state index in [0.717, 1.165) is 60.9 Å². The smallest absolute Gasteiger partial charge is 0.143 e. The van der Waals surface area contributed by atoms with Crippen molar-refractivity contribution in [3.8, 4) is 44.5 Å². The number of hydrogen-bond acceptors (Lipinski definition) is 2. The average molecular weight is 740 g/mol. The van der Waals surface area contributed by atoms with Crippen LogP contribution >= 0.6 is 0 Å². The monoisotopic (exact) mass is 739 g/mol. The van der Waals surface area contributed by atoms with Crippen LogP contribution in [0.1, 0.15) is 0 Å². The van der Waals surface area contributed by atoms with Crippen LogP contribution in [-0.2, 0) is 0 Å². The van der Waals surface area contributed by atoms with E-state index < -0.39 is 0 Å².